The normalized spacial score (nSPS) is 19.6. The van der Waals surface area contributed by atoms with E-state index < -0.39 is 5.60 Å². The van der Waals surface area contributed by atoms with Crippen molar-refractivity contribution >= 4 is 12.3 Å². The van der Waals surface area contributed by atoms with E-state index in [2.05, 4.69) is 17.0 Å². The Labute approximate surface area is 173 Å². The Morgan fingerprint density at radius 3 is 2.17 bits per heavy atom. The summed E-state index contributed by atoms with van der Waals surface area (Å²) in [6.45, 7) is 7.36. The van der Waals surface area contributed by atoms with E-state index in [1.165, 1.54) is 5.56 Å². The highest BCUT2D eigenvalue weighted by molar-refractivity contribution is 5.74. The summed E-state index contributed by atoms with van der Waals surface area (Å²) in [7, 11) is 0. The zero-order valence-electron chi connectivity index (χ0n) is 17.6. The van der Waals surface area contributed by atoms with Crippen molar-refractivity contribution in [3.63, 3.8) is 0 Å². The molecular formula is C24H32N2O3. The van der Waals surface area contributed by atoms with Gasteiger partial charge in [0.1, 0.15) is 11.9 Å². The Balaban J connectivity index is 0.000000313. The molecule has 1 saturated heterocycles. The molecule has 0 bridgehead atoms. The number of piperidine rings is 1. The molecule has 2 aromatic rings. The first-order chi connectivity index (χ1) is 13.8. The first-order valence-electron chi connectivity index (χ1n) is 10.0. The quantitative estimate of drug-likeness (QED) is 0.624. The van der Waals surface area contributed by atoms with E-state index in [0.717, 1.165) is 31.4 Å². The van der Waals surface area contributed by atoms with Crippen molar-refractivity contribution in [3.05, 3.63) is 71.8 Å². The standard InChI is InChI=1S/C17H26N2O2.C7H6O/c1-17(2,3)21-16(20)14-9-10-19(15(18)11-14)12-13-7-5-4-6-8-13;8-6-7-4-2-1-3-5-7/h4-8,14-15H,9-12,18H2,1-3H3;1-6H. The molecule has 0 spiro atoms. The van der Waals surface area contributed by atoms with Crippen LogP contribution in [-0.2, 0) is 16.1 Å². The van der Waals surface area contributed by atoms with E-state index >= 15 is 0 Å². The van der Waals surface area contributed by atoms with Gasteiger partial charge in [-0.3, -0.25) is 14.5 Å². The monoisotopic (exact) mass is 396 g/mol. The second-order valence-electron chi connectivity index (χ2n) is 8.31. The summed E-state index contributed by atoms with van der Waals surface area (Å²) in [6, 6.07) is 19.4. The van der Waals surface area contributed by atoms with Crippen molar-refractivity contribution in [2.75, 3.05) is 6.54 Å². The predicted octanol–water partition coefficient (Wildman–Crippen LogP) is 4.02. The highest BCUT2D eigenvalue weighted by atomic mass is 16.6. The predicted molar refractivity (Wildman–Crippen MR) is 115 cm³/mol. The highest BCUT2D eigenvalue weighted by Gasteiger charge is 2.32. The van der Waals surface area contributed by atoms with E-state index in [1.807, 2.05) is 57.2 Å². The van der Waals surface area contributed by atoms with E-state index in [9.17, 15) is 9.59 Å². The molecular weight excluding hydrogens is 364 g/mol. The van der Waals surface area contributed by atoms with Crippen molar-refractivity contribution in [2.24, 2.45) is 11.7 Å². The fraction of sp³-hybridized carbons (Fsp3) is 0.417. The SMILES string of the molecule is CC(C)(C)OC(=O)C1CCN(Cc2ccccc2)C(N)C1.O=Cc1ccccc1. The molecule has 5 heteroatoms. The van der Waals surface area contributed by atoms with Gasteiger partial charge < -0.3 is 10.5 Å². The van der Waals surface area contributed by atoms with Gasteiger partial charge in [0.05, 0.1) is 12.1 Å². The maximum atomic E-state index is 12.1. The molecule has 0 aromatic heterocycles. The second kappa shape index (κ2) is 10.9. The molecule has 1 fully saturated rings. The lowest BCUT2D eigenvalue weighted by molar-refractivity contribution is -0.162. The van der Waals surface area contributed by atoms with Crippen LogP contribution in [0.4, 0.5) is 0 Å². The zero-order chi connectivity index (χ0) is 21.3. The molecule has 1 aliphatic heterocycles. The van der Waals surface area contributed by atoms with Crippen LogP contribution in [0.25, 0.3) is 0 Å². The molecule has 2 N–H and O–H groups in total. The minimum Gasteiger partial charge on any atom is -0.460 e. The number of benzene rings is 2. The second-order valence-corrected chi connectivity index (χ2v) is 8.31. The minimum absolute atomic E-state index is 0.0775. The van der Waals surface area contributed by atoms with Crippen LogP contribution in [-0.4, -0.2) is 35.5 Å². The summed E-state index contributed by atoms with van der Waals surface area (Å²) in [5.74, 6) is -0.191. The summed E-state index contributed by atoms with van der Waals surface area (Å²) < 4.78 is 5.47. The van der Waals surface area contributed by atoms with Gasteiger partial charge >= 0.3 is 5.97 Å². The Morgan fingerprint density at radius 2 is 1.69 bits per heavy atom. The van der Waals surface area contributed by atoms with Crippen LogP contribution >= 0.6 is 0 Å². The number of hydrogen-bond donors (Lipinski definition) is 1. The van der Waals surface area contributed by atoms with E-state index in [1.54, 1.807) is 12.1 Å². The van der Waals surface area contributed by atoms with Crippen LogP contribution in [0, 0.1) is 5.92 Å². The summed E-state index contributed by atoms with van der Waals surface area (Å²) in [5, 5.41) is 0. The van der Waals surface area contributed by atoms with E-state index in [0.29, 0.717) is 6.42 Å². The third kappa shape index (κ3) is 8.18. The van der Waals surface area contributed by atoms with Crippen LogP contribution in [0.3, 0.4) is 0 Å². The van der Waals surface area contributed by atoms with Crippen LogP contribution in [0.1, 0.15) is 49.5 Å². The lowest BCUT2D eigenvalue weighted by Gasteiger charge is -2.37. The number of carbonyl (C=O) groups is 2. The molecule has 3 rings (SSSR count). The molecule has 1 heterocycles. The lowest BCUT2D eigenvalue weighted by Crippen LogP contribution is -2.49. The molecule has 0 saturated carbocycles. The van der Waals surface area contributed by atoms with Crippen molar-refractivity contribution in [1.82, 2.24) is 4.90 Å². The smallest absolute Gasteiger partial charge is 0.309 e. The minimum atomic E-state index is -0.428. The number of likely N-dealkylation sites (tertiary alicyclic amines) is 1. The molecule has 1 aliphatic rings. The number of carbonyl (C=O) groups excluding carboxylic acids is 2. The molecule has 2 unspecified atom stereocenters. The lowest BCUT2D eigenvalue weighted by atomic mass is 9.94. The summed E-state index contributed by atoms with van der Waals surface area (Å²) >= 11 is 0. The van der Waals surface area contributed by atoms with Gasteiger partial charge in [-0.1, -0.05) is 60.7 Å². The van der Waals surface area contributed by atoms with Crippen molar-refractivity contribution in [2.45, 2.75) is 51.9 Å². The first-order valence-corrected chi connectivity index (χ1v) is 10.0. The first kappa shape index (κ1) is 22.8. The van der Waals surface area contributed by atoms with Crippen LogP contribution in [0.2, 0.25) is 0 Å². The van der Waals surface area contributed by atoms with Crippen molar-refractivity contribution in [1.29, 1.82) is 0 Å². The van der Waals surface area contributed by atoms with Crippen molar-refractivity contribution in [3.8, 4) is 0 Å². The number of rotatable bonds is 4. The van der Waals surface area contributed by atoms with Gasteiger partial charge in [0.15, 0.2) is 0 Å². The van der Waals surface area contributed by atoms with Gasteiger partial charge in [0, 0.05) is 18.7 Å². The third-order valence-corrected chi connectivity index (χ3v) is 4.66. The Kier molecular flexibility index (Phi) is 8.55. The zero-order valence-corrected chi connectivity index (χ0v) is 17.6. The van der Waals surface area contributed by atoms with Gasteiger partial charge in [-0.15, -0.1) is 0 Å². The highest BCUT2D eigenvalue weighted by Crippen LogP contribution is 2.25. The molecule has 0 radical (unpaired) electrons. The Bertz CT molecular complexity index is 757. The van der Waals surface area contributed by atoms with Gasteiger partial charge in [-0.05, 0) is 39.2 Å². The fourth-order valence-electron chi connectivity index (χ4n) is 3.19. The number of nitrogens with two attached hydrogens (primary N) is 1. The maximum absolute atomic E-state index is 12.1. The molecule has 5 nitrogen and oxygen atoms in total. The topological polar surface area (TPSA) is 72.6 Å². The van der Waals surface area contributed by atoms with E-state index in [-0.39, 0.29) is 18.1 Å². The maximum Gasteiger partial charge on any atom is 0.309 e. The van der Waals surface area contributed by atoms with Gasteiger partial charge in [-0.2, -0.15) is 0 Å². The number of nitrogens with zero attached hydrogens (tertiary/aromatic N) is 1. The molecule has 2 aromatic carbocycles. The number of hydrogen-bond acceptors (Lipinski definition) is 5. The van der Waals surface area contributed by atoms with Crippen LogP contribution in [0.5, 0.6) is 0 Å². The third-order valence-electron chi connectivity index (χ3n) is 4.66. The number of esters is 1. The van der Waals surface area contributed by atoms with Crippen LogP contribution in [0.15, 0.2) is 60.7 Å². The van der Waals surface area contributed by atoms with E-state index in [4.69, 9.17) is 10.5 Å². The Hall–Kier alpha value is -2.50. The number of aldehydes is 1. The summed E-state index contributed by atoms with van der Waals surface area (Å²) in [5.41, 5.74) is 7.79. The van der Waals surface area contributed by atoms with Gasteiger partial charge in [-0.25, -0.2) is 0 Å². The molecule has 29 heavy (non-hydrogen) atoms. The largest absolute Gasteiger partial charge is 0.460 e. The van der Waals surface area contributed by atoms with Crippen molar-refractivity contribution < 1.29 is 14.3 Å². The van der Waals surface area contributed by atoms with Crippen LogP contribution < -0.4 is 5.73 Å². The summed E-state index contributed by atoms with van der Waals surface area (Å²) in [6.07, 6.45) is 2.23. The fourth-order valence-corrected chi connectivity index (χ4v) is 3.19. The Morgan fingerprint density at radius 1 is 1.10 bits per heavy atom. The molecule has 0 amide bonds. The summed E-state index contributed by atoms with van der Waals surface area (Å²) in [4.78, 5) is 24.4. The van der Waals surface area contributed by atoms with Gasteiger partial charge in [0.25, 0.3) is 0 Å². The molecule has 2 atom stereocenters. The number of ether oxygens (including phenoxy) is 1. The molecule has 156 valence electrons. The molecule has 0 aliphatic carbocycles. The van der Waals surface area contributed by atoms with Gasteiger partial charge in [0.2, 0.25) is 0 Å². The average molecular weight is 397 g/mol. The average Bonchev–Trinajstić information content (AvgIpc) is 2.70.